The van der Waals surface area contributed by atoms with E-state index in [4.69, 9.17) is 0 Å². The number of rotatable bonds is 1. The van der Waals surface area contributed by atoms with Gasteiger partial charge in [-0.2, -0.15) is 4.39 Å². The summed E-state index contributed by atoms with van der Waals surface area (Å²) in [5.74, 6) is -0.789. The van der Waals surface area contributed by atoms with Gasteiger partial charge in [0.15, 0.2) is 0 Å². The van der Waals surface area contributed by atoms with Crippen molar-refractivity contribution in [3.05, 3.63) is 29.8 Å². The lowest BCUT2D eigenvalue weighted by Gasteiger charge is -2.38. The molecule has 0 saturated carbocycles. The summed E-state index contributed by atoms with van der Waals surface area (Å²) in [6.45, 7) is 1.88. The molecule has 1 aromatic rings. The number of piperidine rings is 1. The number of halogens is 1. The maximum absolute atomic E-state index is 13.1. The second-order valence-electron chi connectivity index (χ2n) is 5.59. The van der Waals surface area contributed by atoms with Crippen LogP contribution in [0.3, 0.4) is 0 Å². The van der Waals surface area contributed by atoms with E-state index in [-0.39, 0.29) is 22.9 Å². The third kappa shape index (κ3) is 2.37. The van der Waals surface area contributed by atoms with Crippen LogP contribution in [-0.4, -0.2) is 41.3 Å². The number of hydrogen-bond acceptors (Lipinski definition) is 3. The summed E-state index contributed by atoms with van der Waals surface area (Å²) in [6.07, 6.45) is 2.15. The Balaban J connectivity index is 1.66. The van der Waals surface area contributed by atoms with Crippen molar-refractivity contribution >= 4 is 11.8 Å². The predicted octanol–water partition coefficient (Wildman–Crippen LogP) is 0.963. The highest BCUT2D eigenvalue weighted by atomic mass is 19.1. The fourth-order valence-corrected chi connectivity index (χ4v) is 2.98. The van der Waals surface area contributed by atoms with E-state index in [0.29, 0.717) is 26.1 Å². The Hall–Kier alpha value is -1.98. The molecule has 0 aromatic carbocycles. The van der Waals surface area contributed by atoms with E-state index in [1.54, 1.807) is 4.90 Å². The smallest absolute Gasteiger partial charge is 0.272 e. The lowest BCUT2D eigenvalue weighted by atomic mass is 9.77. The number of carbonyl (C=O) groups excluding carboxylic acids is 2. The molecule has 3 heterocycles. The second kappa shape index (κ2) is 4.85. The largest absolute Gasteiger partial charge is 0.356 e. The first-order chi connectivity index (χ1) is 9.58. The molecule has 6 heteroatoms. The molecule has 1 N–H and O–H groups in total. The van der Waals surface area contributed by atoms with E-state index in [1.165, 1.54) is 18.2 Å². The first kappa shape index (κ1) is 13.0. The van der Waals surface area contributed by atoms with Gasteiger partial charge >= 0.3 is 0 Å². The van der Waals surface area contributed by atoms with Crippen LogP contribution in [0.5, 0.6) is 0 Å². The standard InChI is InChI=1S/C14H16FN3O2/c15-11-3-1-2-10(17-11)13(20)18-6-4-14(5-7-18)8-12(19)16-9-14/h1-3H,4-9H2,(H,16,19). The van der Waals surface area contributed by atoms with Gasteiger partial charge in [-0.3, -0.25) is 9.59 Å². The third-order valence-corrected chi connectivity index (χ3v) is 4.24. The Morgan fingerprint density at radius 3 is 2.70 bits per heavy atom. The third-order valence-electron chi connectivity index (χ3n) is 4.24. The van der Waals surface area contributed by atoms with Gasteiger partial charge in [0, 0.05) is 26.1 Å². The van der Waals surface area contributed by atoms with Crippen LogP contribution in [0, 0.1) is 11.4 Å². The molecule has 1 aromatic heterocycles. The van der Waals surface area contributed by atoms with Gasteiger partial charge < -0.3 is 10.2 Å². The minimum atomic E-state index is -0.644. The van der Waals surface area contributed by atoms with Gasteiger partial charge in [-0.1, -0.05) is 6.07 Å². The Bertz CT molecular complexity index is 553. The summed E-state index contributed by atoms with van der Waals surface area (Å²) >= 11 is 0. The van der Waals surface area contributed by atoms with Gasteiger partial charge in [-0.05, 0) is 30.4 Å². The number of pyridine rings is 1. The zero-order chi connectivity index (χ0) is 14.2. The Morgan fingerprint density at radius 2 is 2.10 bits per heavy atom. The summed E-state index contributed by atoms with van der Waals surface area (Å²) in [6, 6.07) is 4.23. The molecule has 2 fully saturated rings. The predicted molar refractivity (Wildman–Crippen MR) is 69.4 cm³/mol. The number of likely N-dealkylation sites (tertiary alicyclic amines) is 1. The topological polar surface area (TPSA) is 62.3 Å². The van der Waals surface area contributed by atoms with Crippen molar-refractivity contribution in [2.45, 2.75) is 19.3 Å². The monoisotopic (exact) mass is 277 g/mol. The summed E-state index contributed by atoms with van der Waals surface area (Å²) in [4.78, 5) is 28.9. The van der Waals surface area contributed by atoms with E-state index in [1.807, 2.05) is 0 Å². The SMILES string of the molecule is O=C1CC2(CCN(C(=O)c3cccc(F)n3)CC2)CN1. The lowest BCUT2D eigenvalue weighted by molar-refractivity contribution is -0.119. The van der Waals surface area contributed by atoms with Crippen molar-refractivity contribution in [1.82, 2.24) is 15.2 Å². The van der Waals surface area contributed by atoms with Gasteiger partial charge in [0.1, 0.15) is 5.69 Å². The number of nitrogens with one attached hydrogen (secondary N) is 1. The number of aromatic nitrogens is 1. The maximum Gasteiger partial charge on any atom is 0.272 e. The van der Waals surface area contributed by atoms with Gasteiger partial charge in [0.05, 0.1) is 0 Å². The van der Waals surface area contributed by atoms with Crippen LogP contribution in [0.2, 0.25) is 0 Å². The molecule has 20 heavy (non-hydrogen) atoms. The molecule has 3 rings (SSSR count). The van der Waals surface area contributed by atoms with Crippen LogP contribution in [0.25, 0.3) is 0 Å². The Kier molecular flexibility index (Phi) is 3.16. The van der Waals surface area contributed by atoms with E-state index in [9.17, 15) is 14.0 Å². The van der Waals surface area contributed by atoms with E-state index < -0.39 is 5.95 Å². The maximum atomic E-state index is 13.1. The molecule has 0 unspecified atom stereocenters. The van der Waals surface area contributed by atoms with Crippen LogP contribution in [0.1, 0.15) is 29.8 Å². The minimum absolute atomic E-state index is 0.00320. The quantitative estimate of drug-likeness (QED) is 0.778. The molecule has 0 atom stereocenters. The van der Waals surface area contributed by atoms with Crippen molar-refractivity contribution in [3.63, 3.8) is 0 Å². The number of carbonyl (C=O) groups is 2. The van der Waals surface area contributed by atoms with Crippen LogP contribution in [0.15, 0.2) is 18.2 Å². The van der Waals surface area contributed by atoms with Crippen LogP contribution in [-0.2, 0) is 4.79 Å². The normalized spacial score (nSPS) is 21.1. The molecule has 2 aliphatic rings. The highest BCUT2D eigenvalue weighted by molar-refractivity contribution is 5.92. The van der Waals surface area contributed by atoms with E-state index in [2.05, 4.69) is 10.3 Å². The van der Waals surface area contributed by atoms with Gasteiger partial charge in [-0.15, -0.1) is 0 Å². The number of amides is 2. The van der Waals surface area contributed by atoms with Crippen molar-refractivity contribution in [3.8, 4) is 0 Å². The number of nitrogens with zero attached hydrogens (tertiary/aromatic N) is 2. The molecular weight excluding hydrogens is 261 g/mol. The van der Waals surface area contributed by atoms with Crippen molar-refractivity contribution in [2.24, 2.45) is 5.41 Å². The van der Waals surface area contributed by atoms with Crippen molar-refractivity contribution < 1.29 is 14.0 Å². The molecule has 0 bridgehead atoms. The summed E-state index contributed by atoms with van der Waals surface area (Å²) < 4.78 is 13.1. The van der Waals surface area contributed by atoms with Gasteiger partial charge in [-0.25, -0.2) is 4.98 Å². The van der Waals surface area contributed by atoms with E-state index in [0.717, 1.165) is 12.8 Å². The molecule has 1 spiro atoms. The molecule has 0 aliphatic carbocycles. The fraction of sp³-hybridized carbons (Fsp3) is 0.500. The first-order valence-electron chi connectivity index (χ1n) is 6.77. The molecule has 0 radical (unpaired) electrons. The zero-order valence-corrected chi connectivity index (χ0v) is 11.1. The van der Waals surface area contributed by atoms with Crippen LogP contribution in [0.4, 0.5) is 4.39 Å². The molecule has 2 aliphatic heterocycles. The fourth-order valence-electron chi connectivity index (χ4n) is 2.98. The van der Waals surface area contributed by atoms with E-state index >= 15 is 0 Å². The van der Waals surface area contributed by atoms with Gasteiger partial charge in [0.2, 0.25) is 11.9 Å². The van der Waals surface area contributed by atoms with Gasteiger partial charge in [0.25, 0.3) is 5.91 Å². The molecule has 2 saturated heterocycles. The van der Waals surface area contributed by atoms with Crippen LogP contribution >= 0.6 is 0 Å². The zero-order valence-electron chi connectivity index (χ0n) is 11.1. The minimum Gasteiger partial charge on any atom is -0.356 e. The molecule has 2 amide bonds. The van der Waals surface area contributed by atoms with Crippen molar-refractivity contribution in [1.29, 1.82) is 0 Å². The summed E-state index contributed by atoms with van der Waals surface area (Å²) in [5.41, 5.74) is 0.144. The summed E-state index contributed by atoms with van der Waals surface area (Å²) in [7, 11) is 0. The van der Waals surface area contributed by atoms with Crippen LogP contribution < -0.4 is 5.32 Å². The lowest BCUT2D eigenvalue weighted by Crippen LogP contribution is -2.44. The number of hydrogen-bond donors (Lipinski definition) is 1. The molecule has 106 valence electrons. The molecule has 5 nitrogen and oxygen atoms in total. The Morgan fingerprint density at radius 1 is 1.35 bits per heavy atom. The van der Waals surface area contributed by atoms with Crippen molar-refractivity contribution in [2.75, 3.05) is 19.6 Å². The highest BCUT2D eigenvalue weighted by Crippen LogP contribution is 2.37. The molecular formula is C14H16FN3O2. The highest BCUT2D eigenvalue weighted by Gasteiger charge is 2.41. The average molecular weight is 277 g/mol. The second-order valence-corrected chi connectivity index (χ2v) is 5.59. The first-order valence-corrected chi connectivity index (χ1v) is 6.77. The average Bonchev–Trinajstić information content (AvgIpc) is 2.80. The Labute approximate surface area is 116 Å². The summed E-state index contributed by atoms with van der Waals surface area (Å²) in [5, 5.41) is 2.86.